The van der Waals surface area contributed by atoms with Gasteiger partial charge in [-0.15, -0.1) is 12.4 Å². The SMILES string of the molecule is CC(C)Cc1ccc(C(=O)C2CCN(C(=O)[C@@H]3CC[C@H](CN)O3)CC2)cc1.Cl. The highest BCUT2D eigenvalue weighted by Crippen LogP contribution is 2.26. The van der Waals surface area contributed by atoms with Gasteiger partial charge in [0.15, 0.2) is 5.78 Å². The summed E-state index contributed by atoms with van der Waals surface area (Å²) in [6.07, 6.45) is 3.76. The van der Waals surface area contributed by atoms with Crippen molar-refractivity contribution in [1.82, 2.24) is 4.90 Å². The van der Waals surface area contributed by atoms with Crippen LogP contribution in [0.25, 0.3) is 0 Å². The van der Waals surface area contributed by atoms with Gasteiger partial charge in [0.1, 0.15) is 6.10 Å². The van der Waals surface area contributed by atoms with Gasteiger partial charge in [0, 0.05) is 31.1 Å². The number of hydrogen-bond donors (Lipinski definition) is 1. The lowest BCUT2D eigenvalue weighted by Gasteiger charge is -2.33. The molecule has 1 aromatic rings. The number of hydrogen-bond acceptors (Lipinski definition) is 4. The Kier molecular flexibility index (Phi) is 8.47. The summed E-state index contributed by atoms with van der Waals surface area (Å²) in [5.74, 6) is 0.886. The standard InChI is InChI=1S/C22H32N2O3.ClH/c1-15(2)13-16-3-5-17(6-4-16)21(25)18-9-11-24(12-10-18)22(26)20-8-7-19(14-23)27-20;/h3-6,15,18-20H,7-14,23H2,1-2H3;1H/t19-,20+;/m1./s1. The average molecular weight is 409 g/mol. The van der Waals surface area contributed by atoms with Gasteiger partial charge in [-0.05, 0) is 43.6 Å². The minimum absolute atomic E-state index is 0. The first kappa shape index (κ1) is 22.9. The van der Waals surface area contributed by atoms with E-state index >= 15 is 0 Å². The molecule has 2 fully saturated rings. The van der Waals surface area contributed by atoms with Crippen molar-refractivity contribution < 1.29 is 14.3 Å². The Morgan fingerprint density at radius 1 is 1.11 bits per heavy atom. The van der Waals surface area contributed by atoms with Crippen molar-refractivity contribution in [2.75, 3.05) is 19.6 Å². The number of ketones is 1. The summed E-state index contributed by atoms with van der Waals surface area (Å²) in [6, 6.07) is 8.04. The monoisotopic (exact) mass is 408 g/mol. The highest BCUT2D eigenvalue weighted by molar-refractivity contribution is 5.98. The Balaban J connectivity index is 0.00000280. The minimum Gasteiger partial charge on any atom is -0.364 e. The molecule has 0 unspecified atom stereocenters. The summed E-state index contributed by atoms with van der Waals surface area (Å²) in [6.45, 7) is 6.12. The molecule has 5 nitrogen and oxygen atoms in total. The van der Waals surface area contributed by atoms with Crippen molar-refractivity contribution in [1.29, 1.82) is 0 Å². The quantitative estimate of drug-likeness (QED) is 0.733. The number of halogens is 1. The summed E-state index contributed by atoms with van der Waals surface area (Å²) in [7, 11) is 0. The van der Waals surface area contributed by atoms with E-state index in [1.54, 1.807) is 0 Å². The van der Waals surface area contributed by atoms with Crippen molar-refractivity contribution >= 4 is 24.1 Å². The number of Topliss-reactive ketones (excluding diaryl/α,β-unsaturated/α-hetero) is 1. The maximum atomic E-state index is 12.8. The zero-order chi connectivity index (χ0) is 19.4. The normalized spacial score (nSPS) is 22.9. The Bertz CT molecular complexity index is 654. The Hall–Kier alpha value is -1.43. The number of likely N-dealkylation sites (tertiary alicyclic amines) is 1. The fourth-order valence-corrected chi connectivity index (χ4v) is 4.14. The fraction of sp³-hybridized carbons (Fsp3) is 0.636. The molecule has 2 saturated heterocycles. The van der Waals surface area contributed by atoms with E-state index < -0.39 is 0 Å². The number of carbonyl (C=O) groups is 2. The molecule has 2 N–H and O–H groups in total. The summed E-state index contributed by atoms with van der Waals surface area (Å²) < 4.78 is 5.72. The van der Waals surface area contributed by atoms with Crippen LogP contribution in [0.2, 0.25) is 0 Å². The third-order valence-electron chi connectivity index (χ3n) is 5.71. The Morgan fingerprint density at radius 3 is 2.29 bits per heavy atom. The van der Waals surface area contributed by atoms with Gasteiger partial charge >= 0.3 is 0 Å². The number of ether oxygens (including phenoxy) is 1. The van der Waals surface area contributed by atoms with Crippen molar-refractivity contribution in [3.05, 3.63) is 35.4 Å². The molecule has 2 aliphatic rings. The molecule has 3 rings (SSSR count). The first-order valence-electron chi connectivity index (χ1n) is 10.3. The lowest BCUT2D eigenvalue weighted by Crippen LogP contribution is -2.45. The van der Waals surface area contributed by atoms with Crippen molar-refractivity contribution in [2.24, 2.45) is 17.6 Å². The molecular weight excluding hydrogens is 376 g/mol. The molecule has 2 atom stereocenters. The van der Waals surface area contributed by atoms with Crippen molar-refractivity contribution in [3.63, 3.8) is 0 Å². The zero-order valence-corrected chi connectivity index (χ0v) is 17.7. The van der Waals surface area contributed by atoms with Crippen LogP contribution >= 0.6 is 12.4 Å². The van der Waals surface area contributed by atoms with E-state index in [9.17, 15) is 9.59 Å². The molecule has 2 heterocycles. The maximum absolute atomic E-state index is 12.8. The van der Waals surface area contributed by atoms with Gasteiger partial charge in [0.2, 0.25) is 0 Å². The van der Waals surface area contributed by atoms with Crippen LogP contribution in [0.1, 0.15) is 55.5 Å². The molecule has 2 aliphatic heterocycles. The van der Waals surface area contributed by atoms with Crippen molar-refractivity contribution in [3.8, 4) is 0 Å². The number of nitrogens with zero attached hydrogens (tertiary/aromatic N) is 1. The predicted octanol–water partition coefficient (Wildman–Crippen LogP) is 3.23. The molecule has 6 heteroatoms. The number of rotatable bonds is 6. The molecule has 0 aliphatic carbocycles. The third kappa shape index (κ3) is 5.56. The van der Waals surface area contributed by atoms with Crippen LogP contribution in [0.5, 0.6) is 0 Å². The highest BCUT2D eigenvalue weighted by atomic mass is 35.5. The van der Waals surface area contributed by atoms with Crippen LogP contribution in [-0.4, -0.2) is 48.4 Å². The zero-order valence-electron chi connectivity index (χ0n) is 16.9. The van der Waals surface area contributed by atoms with E-state index in [-0.39, 0.29) is 42.2 Å². The number of piperidine rings is 1. The van der Waals surface area contributed by atoms with Gasteiger partial charge in [-0.2, -0.15) is 0 Å². The molecule has 1 aromatic carbocycles. The van der Waals surface area contributed by atoms with Crippen LogP contribution in [0.3, 0.4) is 0 Å². The van der Waals surface area contributed by atoms with E-state index in [0.717, 1.165) is 37.7 Å². The Labute approximate surface area is 174 Å². The van der Waals surface area contributed by atoms with Crippen LogP contribution in [0, 0.1) is 11.8 Å². The second-order valence-electron chi connectivity index (χ2n) is 8.32. The summed E-state index contributed by atoms with van der Waals surface area (Å²) >= 11 is 0. The predicted molar refractivity (Wildman–Crippen MR) is 113 cm³/mol. The highest BCUT2D eigenvalue weighted by Gasteiger charge is 2.35. The summed E-state index contributed by atoms with van der Waals surface area (Å²) in [4.78, 5) is 27.3. The van der Waals surface area contributed by atoms with Gasteiger partial charge < -0.3 is 15.4 Å². The molecule has 0 radical (unpaired) electrons. The first-order chi connectivity index (χ1) is 13.0. The number of benzene rings is 1. The van der Waals surface area contributed by atoms with Gasteiger partial charge in [-0.3, -0.25) is 9.59 Å². The number of nitrogens with two attached hydrogens (primary N) is 1. The van der Waals surface area contributed by atoms with Crippen LogP contribution in [0.4, 0.5) is 0 Å². The Morgan fingerprint density at radius 2 is 1.75 bits per heavy atom. The smallest absolute Gasteiger partial charge is 0.251 e. The second-order valence-corrected chi connectivity index (χ2v) is 8.32. The minimum atomic E-state index is -0.348. The van der Waals surface area contributed by atoms with E-state index in [4.69, 9.17) is 10.5 Å². The summed E-state index contributed by atoms with van der Waals surface area (Å²) in [5.41, 5.74) is 7.69. The summed E-state index contributed by atoms with van der Waals surface area (Å²) in [5, 5.41) is 0. The van der Waals surface area contributed by atoms with Gasteiger partial charge in [-0.25, -0.2) is 0 Å². The van der Waals surface area contributed by atoms with Gasteiger partial charge in [-0.1, -0.05) is 38.1 Å². The molecule has 1 amide bonds. The van der Waals surface area contributed by atoms with Crippen molar-refractivity contribution in [2.45, 2.75) is 58.2 Å². The fourth-order valence-electron chi connectivity index (χ4n) is 4.14. The van der Waals surface area contributed by atoms with Gasteiger partial charge in [0.05, 0.1) is 6.10 Å². The topological polar surface area (TPSA) is 72.6 Å². The van der Waals surface area contributed by atoms with E-state index in [2.05, 4.69) is 26.0 Å². The number of carbonyl (C=O) groups excluding carboxylic acids is 2. The molecule has 156 valence electrons. The van der Waals surface area contributed by atoms with Crippen LogP contribution < -0.4 is 5.73 Å². The number of amides is 1. The second kappa shape index (κ2) is 10.4. The van der Waals surface area contributed by atoms with Crippen LogP contribution in [-0.2, 0) is 16.0 Å². The lowest BCUT2D eigenvalue weighted by molar-refractivity contribution is -0.144. The first-order valence-corrected chi connectivity index (χ1v) is 10.3. The van der Waals surface area contributed by atoms with E-state index in [1.807, 2.05) is 17.0 Å². The third-order valence-corrected chi connectivity index (χ3v) is 5.71. The molecule has 0 spiro atoms. The van der Waals surface area contributed by atoms with E-state index in [0.29, 0.717) is 25.6 Å². The maximum Gasteiger partial charge on any atom is 0.251 e. The molecule has 0 aromatic heterocycles. The largest absolute Gasteiger partial charge is 0.364 e. The van der Waals surface area contributed by atoms with Crippen LogP contribution in [0.15, 0.2) is 24.3 Å². The average Bonchev–Trinajstić information content (AvgIpc) is 3.16. The van der Waals surface area contributed by atoms with E-state index in [1.165, 1.54) is 5.56 Å². The molecule has 0 bridgehead atoms. The molecule has 0 saturated carbocycles. The molecular formula is C22H33ClN2O3. The van der Waals surface area contributed by atoms with Gasteiger partial charge in [0.25, 0.3) is 5.91 Å². The molecule has 28 heavy (non-hydrogen) atoms. The lowest BCUT2D eigenvalue weighted by atomic mass is 9.88.